The molecule has 0 radical (unpaired) electrons. The zero-order valence-corrected chi connectivity index (χ0v) is 6.08. The highest BCUT2D eigenvalue weighted by Gasteiger charge is 2.01. The lowest BCUT2D eigenvalue weighted by molar-refractivity contribution is 0.179. The molecule has 0 spiro atoms. The molecule has 0 fully saturated rings. The monoisotopic (exact) mass is 153 g/mol. The van der Waals surface area contributed by atoms with Crippen LogP contribution in [0.15, 0.2) is 0 Å². The Morgan fingerprint density at radius 3 is 2.56 bits per heavy atom. The van der Waals surface area contributed by atoms with E-state index in [-0.39, 0.29) is 12.7 Å². The Hall–Kier alpha value is 0.110. The van der Waals surface area contributed by atoms with Crippen molar-refractivity contribution in [1.82, 2.24) is 0 Å². The lowest BCUT2D eigenvalue weighted by Gasteiger charge is -2.03. The maximum absolute atomic E-state index is 10.1. The molecule has 0 aromatic heterocycles. The predicted molar refractivity (Wildman–Crippen MR) is 35.8 cm³/mol. The second-order valence-electron chi connectivity index (χ2n) is 1.82. The highest BCUT2D eigenvalue weighted by Crippen LogP contribution is 2.14. The zero-order valence-electron chi connectivity index (χ0n) is 5.08. The summed E-state index contributed by atoms with van der Waals surface area (Å²) in [4.78, 5) is 8.29. The SMILES string of the molecule is NC[C@@H](O)CC[PH](=O)O. The van der Waals surface area contributed by atoms with Crippen LogP contribution in [0.3, 0.4) is 0 Å². The van der Waals surface area contributed by atoms with Gasteiger partial charge in [0, 0.05) is 12.7 Å². The molecule has 2 atom stereocenters. The number of hydrogen-bond donors (Lipinski definition) is 3. The number of aliphatic hydroxyl groups is 1. The normalized spacial score (nSPS) is 17.2. The largest absolute Gasteiger partial charge is 0.392 e. The lowest BCUT2D eigenvalue weighted by Crippen LogP contribution is -2.19. The first-order valence-corrected chi connectivity index (χ1v) is 4.33. The highest BCUT2D eigenvalue weighted by atomic mass is 31.1. The Labute approximate surface area is 54.6 Å². The van der Waals surface area contributed by atoms with Crippen molar-refractivity contribution in [2.24, 2.45) is 5.73 Å². The molecule has 0 amide bonds. The van der Waals surface area contributed by atoms with Crippen LogP contribution in [-0.2, 0) is 4.57 Å². The summed E-state index contributed by atoms with van der Waals surface area (Å²) in [6.45, 7) is 0.162. The molecule has 0 aromatic carbocycles. The van der Waals surface area contributed by atoms with E-state index in [1.807, 2.05) is 0 Å². The summed E-state index contributed by atoms with van der Waals surface area (Å²) >= 11 is 0. The van der Waals surface area contributed by atoms with Gasteiger partial charge in [-0.3, -0.25) is 4.57 Å². The van der Waals surface area contributed by atoms with Crippen LogP contribution in [0.4, 0.5) is 0 Å². The Kier molecular flexibility index (Phi) is 5.00. The first-order valence-electron chi connectivity index (χ1n) is 2.76. The van der Waals surface area contributed by atoms with Crippen molar-refractivity contribution in [1.29, 1.82) is 0 Å². The minimum atomic E-state index is -2.41. The molecule has 5 heteroatoms. The summed E-state index contributed by atoms with van der Waals surface area (Å²) < 4.78 is 10.1. The van der Waals surface area contributed by atoms with E-state index in [0.717, 1.165) is 0 Å². The van der Waals surface area contributed by atoms with E-state index in [4.69, 9.17) is 15.7 Å². The van der Waals surface area contributed by atoms with Crippen molar-refractivity contribution >= 4 is 8.03 Å². The van der Waals surface area contributed by atoms with Crippen molar-refractivity contribution < 1.29 is 14.6 Å². The van der Waals surface area contributed by atoms with E-state index >= 15 is 0 Å². The van der Waals surface area contributed by atoms with E-state index in [1.54, 1.807) is 0 Å². The van der Waals surface area contributed by atoms with Gasteiger partial charge < -0.3 is 15.7 Å². The Morgan fingerprint density at radius 2 is 2.22 bits per heavy atom. The van der Waals surface area contributed by atoms with Crippen molar-refractivity contribution in [3.8, 4) is 0 Å². The third-order valence-corrected chi connectivity index (χ3v) is 1.68. The van der Waals surface area contributed by atoms with E-state index < -0.39 is 14.1 Å². The van der Waals surface area contributed by atoms with Crippen LogP contribution in [0.2, 0.25) is 0 Å². The fourth-order valence-corrected chi connectivity index (χ4v) is 0.988. The standard InChI is InChI=1S/C4H12NO3P/c5-3-4(6)1-2-9(7)8/h4,6,9H,1-3,5H2,(H,7,8)/t4-/m0/s1. The fraction of sp³-hybridized carbons (Fsp3) is 1.00. The molecule has 0 saturated heterocycles. The maximum Gasteiger partial charge on any atom is 0.189 e. The van der Waals surface area contributed by atoms with Gasteiger partial charge in [-0.1, -0.05) is 0 Å². The van der Waals surface area contributed by atoms with Crippen molar-refractivity contribution in [3.05, 3.63) is 0 Å². The van der Waals surface area contributed by atoms with E-state index in [1.165, 1.54) is 0 Å². The maximum atomic E-state index is 10.1. The number of aliphatic hydroxyl groups excluding tert-OH is 1. The highest BCUT2D eigenvalue weighted by molar-refractivity contribution is 7.37. The second kappa shape index (κ2) is 4.94. The van der Waals surface area contributed by atoms with E-state index in [0.29, 0.717) is 6.42 Å². The first kappa shape index (κ1) is 9.11. The third-order valence-electron chi connectivity index (χ3n) is 0.964. The van der Waals surface area contributed by atoms with Crippen LogP contribution < -0.4 is 5.73 Å². The summed E-state index contributed by atoms with van der Waals surface area (Å²) in [5.74, 6) is 0. The summed E-state index contributed by atoms with van der Waals surface area (Å²) in [7, 11) is -2.41. The van der Waals surface area contributed by atoms with Gasteiger partial charge >= 0.3 is 0 Å². The zero-order chi connectivity index (χ0) is 7.28. The van der Waals surface area contributed by atoms with Crippen molar-refractivity contribution in [3.63, 3.8) is 0 Å². The van der Waals surface area contributed by atoms with E-state index in [9.17, 15) is 4.57 Å². The van der Waals surface area contributed by atoms with Gasteiger partial charge in [0.2, 0.25) is 0 Å². The summed E-state index contributed by atoms with van der Waals surface area (Å²) in [5, 5.41) is 8.75. The summed E-state index contributed by atoms with van der Waals surface area (Å²) in [6, 6.07) is 0. The summed E-state index contributed by atoms with van der Waals surface area (Å²) in [5.41, 5.74) is 5.04. The molecule has 1 unspecified atom stereocenters. The quantitative estimate of drug-likeness (QED) is 0.460. The van der Waals surface area contributed by atoms with Gasteiger partial charge in [-0.25, -0.2) is 0 Å². The van der Waals surface area contributed by atoms with Crippen molar-refractivity contribution in [2.75, 3.05) is 12.7 Å². The molecule has 0 rings (SSSR count). The molecule has 4 N–H and O–H groups in total. The Balaban J connectivity index is 3.16. The van der Waals surface area contributed by atoms with Crippen LogP contribution in [0.1, 0.15) is 6.42 Å². The Morgan fingerprint density at radius 1 is 1.67 bits per heavy atom. The molecule has 0 aromatic rings. The van der Waals surface area contributed by atoms with Gasteiger partial charge in [0.1, 0.15) is 0 Å². The van der Waals surface area contributed by atoms with Gasteiger partial charge in [-0.15, -0.1) is 0 Å². The molecule has 0 aliphatic heterocycles. The van der Waals surface area contributed by atoms with Crippen LogP contribution >= 0.6 is 8.03 Å². The molecule has 4 nitrogen and oxygen atoms in total. The summed E-state index contributed by atoms with van der Waals surface area (Å²) in [6.07, 6.45) is -0.125. The smallest absolute Gasteiger partial charge is 0.189 e. The van der Waals surface area contributed by atoms with Gasteiger partial charge in [-0.05, 0) is 6.42 Å². The van der Waals surface area contributed by atoms with E-state index in [2.05, 4.69) is 0 Å². The van der Waals surface area contributed by atoms with Crippen LogP contribution in [-0.4, -0.2) is 28.8 Å². The minimum absolute atomic E-state index is 0.162. The molecular formula is C4H12NO3P. The Bertz CT molecular complexity index is 97.8. The predicted octanol–water partition coefficient (Wildman–Crippen LogP) is -0.837. The molecule has 9 heavy (non-hydrogen) atoms. The molecule has 56 valence electrons. The molecule has 0 aliphatic rings. The first-order chi connectivity index (χ1) is 4.16. The molecule has 0 saturated carbocycles. The average molecular weight is 153 g/mol. The van der Waals surface area contributed by atoms with Gasteiger partial charge in [0.25, 0.3) is 0 Å². The number of hydrogen-bond acceptors (Lipinski definition) is 3. The molecule has 0 bridgehead atoms. The minimum Gasteiger partial charge on any atom is -0.392 e. The van der Waals surface area contributed by atoms with Crippen LogP contribution in [0, 0.1) is 0 Å². The van der Waals surface area contributed by atoms with Crippen LogP contribution in [0.25, 0.3) is 0 Å². The molecule has 0 aliphatic carbocycles. The van der Waals surface area contributed by atoms with Gasteiger partial charge in [0.15, 0.2) is 8.03 Å². The topological polar surface area (TPSA) is 83.5 Å². The van der Waals surface area contributed by atoms with Crippen LogP contribution in [0.5, 0.6) is 0 Å². The lowest BCUT2D eigenvalue weighted by atomic mass is 10.3. The number of nitrogens with two attached hydrogens (primary N) is 1. The van der Waals surface area contributed by atoms with Gasteiger partial charge in [-0.2, -0.15) is 0 Å². The number of rotatable bonds is 4. The van der Waals surface area contributed by atoms with Gasteiger partial charge in [0.05, 0.1) is 6.10 Å². The average Bonchev–Trinajstić information content (AvgIpc) is 1.83. The second-order valence-corrected chi connectivity index (χ2v) is 3.11. The fourth-order valence-electron chi connectivity index (χ4n) is 0.408. The molecular weight excluding hydrogens is 141 g/mol. The third kappa shape index (κ3) is 5.99. The van der Waals surface area contributed by atoms with Crippen molar-refractivity contribution in [2.45, 2.75) is 12.5 Å². The molecule has 0 heterocycles.